The Hall–Kier alpha value is 0.570. The normalized spacial score (nSPS) is 12.3. The van der Waals surface area contributed by atoms with Crippen LogP contribution >= 0.6 is 43.2 Å². The third-order valence-electron chi connectivity index (χ3n) is 2.14. The number of sulfonamides is 1. The Kier molecular flexibility index (Phi) is 5.44. The van der Waals surface area contributed by atoms with Crippen molar-refractivity contribution in [3.63, 3.8) is 0 Å². The summed E-state index contributed by atoms with van der Waals surface area (Å²) in [7, 11) is -1.71. The fourth-order valence-corrected chi connectivity index (χ4v) is 5.10. The molecule has 0 aliphatic heterocycles. The van der Waals surface area contributed by atoms with Crippen molar-refractivity contribution in [1.29, 1.82) is 0 Å². The predicted molar refractivity (Wildman–Crippen MR) is 75.0 cm³/mol. The molecule has 0 spiro atoms. The smallest absolute Gasteiger partial charge is 0.207 e. The summed E-state index contributed by atoms with van der Waals surface area (Å²) in [5.41, 5.74) is 0. The Morgan fingerprint density at radius 2 is 2.12 bits per heavy atom. The molecule has 0 saturated carbocycles. The average molecular weight is 391 g/mol. The lowest BCUT2D eigenvalue weighted by Gasteiger charge is -2.16. The predicted octanol–water partition coefficient (Wildman–Crippen LogP) is 3.22. The van der Waals surface area contributed by atoms with Crippen molar-refractivity contribution in [3.05, 3.63) is 14.7 Å². The molecular formula is C9H13Br2NO2S2. The number of halogens is 2. The Bertz CT molecular complexity index is 456. The van der Waals surface area contributed by atoms with Gasteiger partial charge in [0.25, 0.3) is 0 Å². The van der Waals surface area contributed by atoms with Gasteiger partial charge < -0.3 is 0 Å². The van der Waals surface area contributed by atoms with Crippen molar-refractivity contribution in [1.82, 2.24) is 4.31 Å². The van der Waals surface area contributed by atoms with E-state index in [4.69, 9.17) is 0 Å². The molecule has 0 aliphatic carbocycles. The van der Waals surface area contributed by atoms with Gasteiger partial charge in [0.1, 0.15) is 0 Å². The Morgan fingerprint density at radius 1 is 1.50 bits per heavy atom. The highest BCUT2D eigenvalue weighted by Crippen LogP contribution is 2.31. The van der Waals surface area contributed by atoms with Crippen LogP contribution < -0.4 is 0 Å². The van der Waals surface area contributed by atoms with Crippen LogP contribution in [0.2, 0.25) is 0 Å². The van der Waals surface area contributed by atoms with E-state index in [2.05, 4.69) is 31.9 Å². The van der Waals surface area contributed by atoms with Crippen molar-refractivity contribution in [3.8, 4) is 0 Å². The average Bonchev–Trinajstić information content (AvgIpc) is 2.54. The summed E-state index contributed by atoms with van der Waals surface area (Å²) in [5.74, 6) is 0. The summed E-state index contributed by atoms with van der Waals surface area (Å²) >= 11 is 8.04. The highest BCUT2D eigenvalue weighted by molar-refractivity contribution is 9.11. The van der Waals surface area contributed by atoms with Crippen molar-refractivity contribution in [2.45, 2.75) is 18.2 Å². The summed E-state index contributed by atoms with van der Waals surface area (Å²) in [6, 6.07) is 1.67. The summed E-state index contributed by atoms with van der Waals surface area (Å²) in [4.78, 5) is 1.22. The van der Waals surface area contributed by atoms with Crippen LogP contribution in [0.4, 0.5) is 0 Å². The number of nitrogens with zero attached hydrogens (tertiary/aromatic N) is 1. The molecule has 3 nitrogen and oxygen atoms in total. The van der Waals surface area contributed by atoms with Gasteiger partial charge in [0, 0.05) is 23.8 Å². The Balaban J connectivity index is 2.97. The molecule has 1 rings (SSSR count). The second-order valence-corrected chi connectivity index (χ2v) is 8.78. The maximum absolute atomic E-state index is 12.2. The topological polar surface area (TPSA) is 37.4 Å². The largest absolute Gasteiger partial charge is 0.243 e. The standard InChI is InChI=1S/C9H13Br2NO2S2/c1-7-8(6-9(11)15-7)16(13,14)12(2)5-3-4-10/h6H,3-5H2,1-2H3. The van der Waals surface area contributed by atoms with Gasteiger partial charge in [0.05, 0.1) is 8.68 Å². The number of rotatable bonds is 5. The molecule has 1 aromatic rings. The molecule has 0 atom stereocenters. The second kappa shape index (κ2) is 5.95. The third kappa shape index (κ3) is 3.29. The minimum atomic E-state index is -3.33. The summed E-state index contributed by atoms with van der Waals surface area (Å²) in [6.45, 7) is 2.35. The fraction of sp³-hybridized carbons (Fsp3) is 0.556. The summed E-state index contributed by atoms with van der Waals surface area (Å²) < 4.78 is 26.6. The molecule has 1 aromatic heterocycles. The molecule has 0 fully saturated rings. The van der Waals surface area contributed by atoms with Crippen molar-refractivity contribution < 1.29 is 8.42 Å². The van der Waals surface area contributed by atoms with Crippen LogP contribution in [-0.2, 0) is 10.0 Å². The van der Waals surface area contributed by atoms with Crippen LogP contribution in [-0.4, -0.2) is 31.6 Å². The molecule has 0 aliphatic rings. The Morgan fingerprint density at radius 3 is 2.56 bits per heavy atom. The zero-order valence-electron chi connectivity index (χ0n) is 9.03. The van der Waals surface area contributed by atoms with E-state index >= 15 is 0 Å². The van der Waals surface area contributed by atoms with Gasteiger partial charge >= 0.3 is 0 Å². The van der Waals surface area contributed by atoms with Gasteiger partial charge in [-0.1, -0.05) is 15.9 Å². The van der Waals surface area contributed by atoms with Crippen LogP contribution in [0.3, 0.4) is 0 Å². The zero-order valence-corrected chi connectivity index (χ0v) is 13.8. The first-order chi connectivity index (χ1) is 7.39. The van der Waals surface area contributed by atoms with Gasteiger partial charge in [-0.05, 0) is 35.3 Å². The summed E-state index contributed by atoms with van der Waals surface area (Å²) in [6.07, 6.45) is 0.806. The highest BCUT2D eigenvalue weighted by atomic mass is 79.9. The van der Waals surface area contributed by atoms with Crippen molar-refractivity contribution >= 4 is 53.2 Å². The van der Waals surface area contributed by atoms with E-state index in [1.54, 1.807) is 13.1 Å². The van der Waals surface area contributed by atoms with E-state index in [1.807, 2.05) is 6.92 Å². The van der Waals surface area contributed by atoms with Crippen LogP contribution in [0.1, 0.15) is 11.3 Å². The first kappa shape index (κ1) is 14.6. The lowest BCUT2D eigenvalue weighted by molar-refractivity contribution is 0.470. The minimum absolute atomic E-state index is 0.404. The molecular weight excluding hydrogens is 378 g/mol. The monoisotopic (exact) mass is 389 g/mol. The number of aryl methyl sites for hydroxylation is 1. The van der Waals surface area contributed by atoms with Crippen LogP contribution in [0, 0.1) is 6.92 Å². The number of alkyl halides is 1. The van der Waals surface area contributed by atoms with Gasteiger partial charge in [-0.25, -0.2) is 12.7 Å². The van der Waals surface area contributed by atoms with E-state index in [-0.39, 0.29) is 0 Å². The highest BCUT2D eigenvalue weighted by Gasteiger charge is 2.24. The molecule has 0 bridgehead atoms. The van der Waals surface area contributed by atoms with Crippen LogP contribution in [0.5, 0.6) is 0 Å². The van der Waals surface area contributed by atoms with Gasteiger partial charge in [-0.15, -0.1) is 11.3 Å². The number of hydrogen-bond donors (Lipinski definition) is 0. The molecule has 0 aromatic carbocycles. The number of hydrogen-bond acceptors (Lipinski definition) is 3. The quantitative estimate of drug-likeness (QED) is 0.723. The van der Waals surface area contributed by atoms with E-state index in [0.717, 1.165) is 20.4 Å². The maximum Gasteiger partial charge on any atom is 0.243 e. The molecule has 7 heteroatoms. The minimum Gasteiger partial charge on any atom is -0.207 e. The van der Waals surface area contributed by atoms with E-state index in [1.165, 1.54) is 15.6 Å². The van der Waals surface area contributed by atoms with Gasteiger partial charge in [-0.3, -0.25) is 0 Å². The molecule has 0 unspecified atom stereocenters. The fourth-order valence-electron chi connectivity index (χ4n) is 1.26. The van der Waals surface area contributed by atoms with E-state index in [9.17, 15) is 8.42 Å². The second-order valence-electron chi connectivity index (χ2n) is 3.34. The number of thiophene rings is 1. The van der Waals surface area contributed by atoms with Crippen molar-refractivity contribution in [2.24, 2.45) is 0 Å². The molecule has 0 amide bonds. The molecule has 0 radical (unpaired) electrons. The molecule has 92 valence electrons. The van der Waals surface area contributed by atoms with Gasteiger partial charge in [0.15, 0.2) is 0 Å². The first-order valence-corrected chi connectivity index (χ1v) is 8.85. The van der Waals surface area contributed by atoms with Crippen molar-refractivity contribution in [2.75, 3.05) is 18.9 Å². The first-order valence-electron chi connectivity index (χ1n) is 4.68. The Labute approximate surface area is 117 Å². The molecule has 16 heavy (non-hydrogen) atoms. The molecule has 1 heterocycles. The van der Waals surface area contributed by atoms with Gasteiger partial charge in [0.2, 0.25) is 10.0 Å². The van der Waals surface area contributed by atoms with Gasteiger partial charge in [-0.2, -0.15) is 0 Å². The summed E-state index contributed by atoms with van der Waals surface area (Å²) in [5, 5.41) is 0.805. The zero-order chi connectivity index (χ0) is 12.3. The van der Waals surface area contributed by atoms with E-state index in [0.29, 0.717) is 11.4 Å². The lowest BCUT2D eigenvalue weighted by Crippen LogP contribution is -2.28. The lowest BCUT2D eigenvalue weighted by atomic mass is 10.5. The maximum atomic E-state index is 12.2. The third-order valence-corrected chi connectivity index (χ3v) is 6.36. The SMILES string of the molecule is Cc1sc(Br)cc1S(=O)(=O)N(C)CCCBr. The van der Waals surface area contributed by atoms with Crippen LogP contribution in [0.15, 0.2) is 14.7 Å². The molecule has 0 N–H and O–H groups in total. The van der Waals surface area contributed by atoms with Crippen LogP contribution in [0.25, 0.3) is 0 Å². The molecule has 0 saturated heterocycles. The van der Waals surface area contributed by atoms with E-state index < -0.39 is 10.0 Å².